The normalized spacial score (nSPS) is 11.7. The monoisotopic (exact) mass is 455 g/mol. The molecular weight excluding hydrogens is 438 g/mol. The number of nitro groups is 1. The molecule has 2 heterocycles. The summed E-state index contributed by atoms with van der Waals surface area (Å²) in [6.45, 7) is 4.26. The Balaban J connectivity index is 1.83. The molecule has 0 spiro atoms. The lowest BCUT2D eigenvalue weighted by Gasteiger charge is -2.08. The number of methoxy groups -OCH3 is 2. The van der Waals surface area contributed by atoms with Crippen molar-refractivity contribution in [2.24, 2.45) is 4.99 Å². The second-order valence-corrected chi connectivity index (χ2v) is 8.56. The third-order valence-electron chi connectivity index (χ3n) is 4.62. The molecule has 2 aromatic carbocycles. The summed E-state index contributed by atoms with van der Waals surface area (Å²) in [7, 11) is 3.13. The van der Waals surface area contributed by atoms with Crippen molar-refractivity contribution in [2.45, 2.75) is 6.54 Å². The Bertz CT molecular complexity index is 1410. The minimum Gasteiger partial charge on any atom is -0.493 e. The van der Waals surface area contributed by atoms with Gasteiger partial charge in [-0.2, -0.15) is 4.99 Å². The van der Waals surface area contributed by atoms with Gasteiger partial charge >= 0.3 is 0 Å². The number of hydrogen-bond donors (Lipinski definition) is 0. The molecule has 0 atom stereocenters. The molecule has 0 saturated heterocycles. The van der Waals surface area contributed by atoms with Crippen LogP contribution in [0.25, 0.3) is 20.3 Å². The van der Waals surface area contributed by atoms with E-state index in [1.807, 2.05) is 16.7 Å². The molecule has 0 bridgehead atoms. The minimum atomic E-state index is -0.457. The molecule has 2 aromatic heterocycles. The molecule has 0 unspecified atom stereocenters. The van der Waals surface area contributed by atoms with Gasteiger partial charge in [0.2, 0.25) is 0 Å². The van der Waals surface area contributed by atoms with Crippen LogP contribution in [0.1, 0.15) is 9.67 Å². The van der Waals surface area contributed by atoms with E-state index in [1.165, 1.54) is 34.8 Å². The fourth-order valence-corrected chi connectivity index (χ4v) is 5.15. The lowest BCUT2D eigenvalue weighted by Crippen LogP contribution is -2.16. The number of ether oxygens (including phenoxy) is 2. The van der Waals surface area contributed by atoms with E-state index in [4.69, 9.17) is 9.47 Å². The molecule has 0 fully saturated rings. The van der Waals surface area contributed by atoms with E-state index in [9.17, 15) is 14.9 Å². The first-order valence-corrected chi connectivity index (χ1v) is 10.7. The predicted molar refractivity (Wildman–Crippen MR) is 121 cm³/mol. The topological polar surface area (TPSA) is 96.0 Å². The maximum Gasteiger partial charge on any atom is 0.289 e. The van der Waals surface area contributed by atoms with Crippen molar-refractivity contribution in [3.8, 4) is 11.5 Å². The number of aromatic nitrogens is 1. The van der Waals surface area contributed by atoms with E-state index >= 15 is 0 Å². The van der Waals surface area contributed by atoms with Gasteiger partial charge in [0.15, 0.2) is 16.3 Å². The van der Waals surface area contributed by atoms with Crippen LogP contribution < -0.4 is 14.3 Å². The molecule has 0 aliphatic rings. The quantitative estimate of drug-likeness (QED) is 0.237. The summed E-state index contributed by atoms with van der Waals surface area (Å²) >= 11 is 2.61. The summed E-state index contributed by atoms with van der Waals surface area (Å²) in [6.07, 6.45) is 1.73. The van der Waals surface area contributed by atoms with E-state index in [0.717, 1.165) is 14.9 Å². The highest BCUT2D eigenvalue weighted by molar-refractivity contribution is 7.21. The number of amides is 1. The summed E-state index contributed by atoms with van der Waals surface area (Å²) in [4.78, 5) is 28.7. The zero-order chi connectivity index (χ0) is 22.1. The van der Waals surface area contributed by atoms with Gasteiger partial charge < -0.3 is 14.0 Å². The van der Waals surface area contributed by atoms with Crippen molar-refractivity contribution in [1.82, 2.24) is 4.57 Å². The number of carbonyl (C=O) groups is 1. The number of non-ortho nitro benzene ring substituents is 1. The molecule has 4 rings (SSSR count). The molecule has 0 aliphatic heterocycles. The standard InChI is InChI=1S/C21H17N3O5S2/c1-4-7-23-14-10-15(28-2)16(29-3)11-18(14)31-21(23)22-20(25)19-9-12-8-13(24(26)27)5-6-17(12)30-19/h4-6,8-11H,1,7H2,2-3H3. The van der Waals surface area contributed by atoms with E-state index in [2.05, 4.69) is 11.6 Å². The fourth-order valence-electron chi connectivity index (χ4n) is 3.18. The van der Waals surface area contributed by atoms with Gasteiger partial charge in [-0.05, 0) is 12.1 Å². The van der Waals surface area contributed by atoms with Crippen LogP contribution in [0.5, 0.6) is 11.5 Å². The fraction of sp³-hybridized carbons (Fsp3) is 0.143. The Kier molecular flexibility index (Phi) is 5.57. The molecule has 1 amide bonds. The highest BCUT2D eigenvalue weighted by Crippen LogP contribution is 2.34. The van der Waals surface area contributed by atoms with Gasteiger partial charge in [0.1, 0.15) is 0 Å². The van der Waals surface area contributed by atoms with Gasteiger partial charge in [0.25, 0.3) is 11.6 Å². The van der Waals surface area contributed by atoms with Gasteiger partial charge in [0.05, 0.1) is 34.2 Å². The lowest BCUT2D eigenvalue weighted by molar-refractivity contribution is -0.384. The van der Waals surface area contributed by atoms with Crippen molar-refractivity contribution in [2.75, 3.05) is 14.2 Å². The van der Waals surface area contributed by atoms with Gasteiger partial charge in [-0.25, -0.2) is 0 Å². The maximum absolute atomic E-state index is 12.9. The molecule has 0 radical (unpaired) electrons. The minimum absolute atomic E-state index is 0.0162. The average molecular weight is 456 g/mol. The van der Waals surface area contributed by atoms with Crippen molar-refractivity contribution in [3.05, 3.63) is 68.8 Å². The van der Waals surface area contributed by atoms with E-state index in [1.54, 1.807) is 32.4 Å². The smallest absolute Gasteiger partial charge is 0.289 e. The van der Waals surface area contributed by atoms with Crippen molar-refractivity contribution in [3.63, 3.8) is 0 Å². The Labute approximate surface area is 184 Å². The van der Waals surface area contributed by atoms with Crippen LogP contribution in [-0.2, 0) is 6.54 Å². The third-order valence-corrected chi connectivity index (χ3v) is 6.76. The van der Waals surface area contributed by atoms with Crippen molar-refractivity contribution in [1.29, 1.82) is 0 Å². The summed E-state index contributed by atoms with van der Waals surface area (Å²) in [5.41, 5.74) is 0.832. The number of nitrogens with zero attached hydrogens (tertiary/aromatic N) is 3. The van der Waals surface area contributed by atoms with Crippen LogP contribution >= 0.6 is 22.7 Å². The Morgan fingerprint density at radius 2 is 1.90 bits per heavy atom. The van der Waals surface area contributed by atoms with E-state index < -0.39 is 10.8 Å². The van der Waals surface area contributed by atoms with Gasteiger partial charge in [0, 0.05) is 40.9 Å². The summed E-state index contributed by atoms with van der Waals surface area (Å²) < 4.78 is 14.3. The van der Waals surface area contributed by atoms with E-state index in [-0.39, 0.29) is 5.69 Å². The van der Waals surface area contributed by atoms with E-state index in [0.29, 0.717) is 33.1 Å². The van der Waals surface area contributed by atoms with Crippen LogP contribution in [0.4, 0.5) is 5.69 Å². The first kappa shape index (κ1) is 20.8. The molecule has 0 saturated carbocycles. The second-order valence-electron chi connectivity index (χ2n) is 6.47. The molecule has 4 aromatic rings. The highest BCUT2D eigenvalue weighted by atomic mass is 32.1. The second kappa shape index (κ2) is 8.32. The predicted octanol–water partition coefficient (Wildman–Crippen LogP) is 4.77. The van der Waals surface area contributed by atoms with Gasteiger partial charge in [-0.3, -0.25) is 14.9 Å². The number of carbonyl (C=O) groups excluding carboxylic acids is 1. The summed E-state index contributed by atoms with van der Waals surface area (Å²) in [6, 6.07) is 9.85. The number of fused-ring (bicyclic) bond motifs is 2. The Morgan fingerprint density at radius 1 is 1.16 bits per heavy atom. The first-order chi connectivity index (χ1) is 14.9. The van der Waals surface area contributed by atoms with Crippen LogP contribution in [0.15, 0.2) is 54.0 Å². The summed E-state index contributed by atoms with van der Waals surface area (Å²) in [5, 5.41) is 11.6. The molecule has 31 heavy (non-hydrogen) atoms. The van der Waals surface area contributed by atoms with Crippen LogP contribution in [0.3, 0.4) is 0 Å². The molecule has 0 aliphatic carbocycles. The Morgan fingerprint density at radius 3 is 2.58 bits per heavy atom. The number of allylic oxidation sites excluding steroid dienone is 1. The Hall–Kier alpha value is -3.50. The number of rotatable bonds is 6. The van der Waals surface area contributed by atoms with Gasteiger partial charge in [-0.15, -0.1) is 17.9 Å². The molecule has 8 nitrogen and oxygen atoms in total. The SMILES string of the molecule is C=CCn1c(=NC(=O)c2cc3cc([N+](=O)[O-])ccc3s2)sc2cc(OC)c(OC)cc21. The molecule has 158 valence electrons. The summed E-state index contributed by atoms with van der Waals surface area (Å²) in [5.74, 6) is 0.757. The molecule has 0 N–H and O–H groups in total. The number of nitro benzene ring substituents is 1. The maximum atomic E-state index is 12.9. The first-order valence-electron chi connectivity index (χ1n) is 9.08. The number of thiazole rings is 1. The van der Waals surface area contributed by atoms with Crippen molar-refractivity contribution < 1.29 is 19.2 Å². The average Bonchev–Trinajstić information content (AvgIpc) is 3.33. The zero-order valence-electron chi connectivity index (χ0n) is 16.7. The number of benzene rings is 2. The lowest BCUT2D eigenvalue weighted by atomic mass is 10.2. The largest absolute Gasteiger partial charge is 0.493 e. The molecular formula is C21H17N3O5S2. The van der Waals surface area contributed by atoms with Gasteiger partial charge in [-0.1, -0.05) is 17.4 Å². The van der Waals surface area contributed by atoms with Crippen molar-refractivity contribution >= 4 is 54.6 Å². The highest BCUT2D eigenvalue weighted by Gasteiger charge is 2.15. The molecule has 10 heteroatoms. The van der Waals surface area contributed by atoms with Crippen LogP contribution in [-0.4, -0.2) is 29.6 Å². The number of thiophene rings is 1. The zero-order valence-corrected chi connectivity index (χ0v) is 18.3. The number of hydrogen-bond acceptors (Lipinski definition) is 7. The third kappa shape index (κ3) is 3.82. The van der Waals surface area contributed by atoms with Crippen LogP contribution in [0, 0.1) is 10.1 Å². The van der Waals surface area contributed by atoms with Crippen LogP contribution in [0.2, 0.25) is 0 Å².